The fraction of sp³-hybridized carbons (Fsp3) is 0.389. The van der Waals surface area contributed by atoms with Crippen molar-refractivity contribution in [3.8, 4) is 0 Å². The van der Waals surface area contributed by atoms with Crippen LogP contribution in [0.1, 0.15) is 36.0 Å². The quantitative estimate of drug-likeness (QED) is 0.869. The lowest BCUT2D eigenvalue weighted by molar-refractivity contribution is -0.123. The Morgan fingerprint density at radius 2 is 1.88 bits per heavy atom. The first-order valence-electron chi connectivity index (χ1n) is 7.85. The number of rotatable bonds is 6. The van der Waals surface area contributed by atoms with Crippen molar-refractivity contribution in [2.75, 3.05) is 6.54 Å². The zero-order valence-electron chi connectivity index (χ0n) is 14.4. The molecule has 6 heteroatoms. The monoisotopic (exact) mass is 349 g/mol. The van der Waals surface area contributed by atoms with Gasteiger partial charge in [-0.15, -0.1) is 0 Å². The molecule has 2 aromatic rings. The van der Waals surface area contributed by atoms with Gasteiger partial charge in [0.25, 0.3) is 0 Å². The summed E-state index contributed by atoms with van der Waals surface area (Å²) in [5.41, 5.74) is 1.93. The lowest BCUT2D eigenvalue weighted by atomic mass is 10.1. The van der Waals surface area contributed by atoms with Gasteiger partial charge in [0, 0.05) is 12.5 Å². The molecule has 130 valence electrons. The number of benzene rings is 1. The minimum absolute atomic E-state index is 0.0280. The Hall–Kier alpha value is -2.08. The lowest BCUT2D eigenvalue weighted by Crippen LogP contribution is -2.34. The molecule has 0 aliphatic rings. The largest absolute Gasteiger partial charge is 0.468 e. The standard InChI is InChI=1S/C18H23NO4S/c1-12(2)18(20)19-11-17(16-6-5-9-23-16)24(21,22)15-8-7-13(3)14(4)10-15/h5-10,12,17H,11H2,1-4H3,(H,19,20)/t17-/m1/s1. The minimum atomic E-state index is -3.69. The summed E-state index contributed by atoms with van der Waals surface area (Å²) >= 11 is 0. The molecular weight excluding hydrogens is 326 g/mol. The molecule has 5 nitrogen and oxygen atoms in total. The third kappa shape index (κ3) is 3.87. The highest BCUT2D eigenvalue weighted by molar-refractivity contribution is 7.91. The fourth-order valence-electron chi connectivity index (χ4n) is 2.29. The molecule has 0 fully saturated rings. The van der Waals surface area contributed by atoms with Gasteiger partial charge in [-0.3, -0.25) is 4.79 Å². The molecule has 1 heterocycles. The lowest BCUT2D eigenvalue weighted by Gasteiger charge is -2.18. The summed E-state index contributed by atoms with van der Waals surface area (Å²) in [5, 5.41) is 1.73. The SMILES string of the molecule is Cc1ccc(S(=O)(=O)[C@H](CNC(=O)C(C)C)c2ccco2)cc1C. The Balaban J connectivity index is 2.38. The molecule has 2 rings (SSSR count). The summed E-state index contributed by atoms with van der Waals surface area (Å²) in [4.78, 5) is 12.1. The van der Waals surface area contributed by atoms with Crippen LogP contribution in [0, 0.1) is 19.8 Å². The van der Waals surface area contributed by atoms with E-state index in [4.69, 9.17) is 4.42 Å². The molecule has 0 saturated heterocycles. The van der Waals surface area contributed by atoms with E-state index in [1.165, 1.54) is 6.26 Å². The van der Waals surface area contributed by atoms with Crippen molar-refractivity contribution in [3.05, 3.63) is 53.5 Å². The molecule has 0 unspecified atom stereocenters. The van der Waals surface area contributed by atoms with Crippen LogP contribution in [-0.4, -0.2) is 20.9 Å². The van der Waals surface area contributed by atoms with Crippen molar-refractivity contribution in [1.82, 2.24) is 5.32 Å². The minimum Gasteiger partial charge on any atom is -0.468 e. The predicted molar refractivity (Wildman–Crippen MR) is 92.4 cm³/mol. The maximum atomic E-state index is 13.1. The van der Waals surface area contributed by atoms with Gasteiger partial charge in [0.2, 0.25) is 5.91 Å². The van der Waals surface area contributed by atoms with Crippen LogP contribution in [0.2, 0.25) is 0 Å². The van der Waals surface area contributed by atoms with Crippen LogP contribution in [0.15, 0.2) is 45.9 Å². The second-order valence-electron chi connectivity index (χ2n) is 6.19. The molecule has 0 bridgehead atoms. The maximum absolute atomic E-state index is 13.1. The van der Waals surface area contributed by atoms with Crippen LogP contribution in [0.4, 0.5) is 0 Å². The van der Waals surface area contributed by atoms with E-state index in [1.807, 2.05) is 13.8 Å². The van der Waals surface area contributed by atoms with Gasteiger partial charge in [0.15, 0.2) is 9.84 Å². The molecule has 1 aromatic carbocycles. The van der Waals surface area contributed by atoms with Crippen LogP contribution < -0.4 is 5.32 Å². The topological polar surface area (TPSA) is 76.4 Å². The summed E-state index contributed by atoms with van der Waals surface area (Å²) in [7, 11) is -3.69. The molecular formula is C18H23NO4S. The first-order chi connectivity index (χ1) is 11.2. The number of hydrogen-bond acceptors (Lipinski definition) is 4. The summed E-state index contributed by atoms with van der Waals surface area (Å²) in [6.45, 7) is 7.29. The van der Waals surface area contributed by atoms with E-state index in [1.54, 1.807) is 44.2 Å². The first kappa shape index (κ1) is 18.3. The highest BCUT2D eigenvalue weighted by Gasteiger charge is 2.32. The van der Waals surface area contributed by atoms with E-state index in [9.17, 15) is 13.2 Å². The second kappa shape index (κ2) is 7.21. The van der Waals surface area contributed by atoms with Gasteiger partial charge in [-0.1, -0.05) is 19.9 Å². The third-order valence-corrected chi connectivity index (χ3v) is 6.09. The molecule has 1 amide bonds. The van der Waals surface area contributed by atoms with Crippen molar-refractivity contribution in [3.63, 3.8) is 0 Å². The molecule has 0 aliphatic heterocycles. The molecule has 24 heavy (non-hydrogen) atoms. The summed E-state index contributed by atoms with van der Waals surface area (Å²) < 4.78 is 31.5. The van der Waals surface area contributed by atoms with Gasteiger partial charge in [0.1, 0.15) is 11.0 Å². The van der Waals surface area contributed by atoms with Gasteiger partial charge >= 0.3 is 0 Å². The second-order valence-corrected chi connectivity index (χ2v) is 8.33. The van der Waals surface area contributed by atoms with Crippen molar-refractivity contribution in [2.24, 2.45) is 5.92 Å². The number of nitrogens with one attached hydrogen (secondary N) is 1. The number of sulfone groups is 1. The van der Waals surface area contributed by atoms with Crippen LogP contribution in [-0.2, 0) is 14.6 Å². The van der Waals surface area contributed by atoms with Crippen molar-refractivity contribution < 1.29 is 17.6 Å². The Morgan fingerprint density at radius 1 is 1.17 bits per heavy atom. The summed E-state index contributed by atoms with van der Waals surface area (Å²) in [5.74, 6) is -0.0919. The van der Waals surface area contributed by atoms with Crippen LogP contribution in [0.5, 0.6) is 0 Å². The summed E-state index contributed by atoms with van der Waals surface area (Å²) in [6.07, 6.45) is 1.43. The van der Waals surface area contributed by atoms with Crippen LogP contribution >= 0.6 is 0 Å². The molecule has 1 atom stereocenters. The number of carbonyl (C=O) groups excluding carboxylic acids is 1. The predicted octanol–water partition coefficient (Wildman–Crippen LogP) is 3.18. The van der Waals surface area contributed by atoms with Crippen molar-refractivity contribution in [1.29, 1.82) is 0 Å². The van der Waals surface area contributed by atoms with Crippen molar-refractivity contribution in [2.45, 2.75) is 37.8 Å². The maximum Gasteiger partial charge on any atom is 0.222 e. The normalized spacial score (nSPS) is 13.0. The molecule has 1 N–H and O–H groups in total. The number of hydrogen-bond donors (Lipinski definition) is 1. The Morgan fingerprint density at radius 3 is 2.42 bits per heavy atom. The van der Waals surface area contributed by atoms with E-state index in [2.05, 4.69) is 5.32 Å². The van der Waals surface area contributed by atoms with Gasteiger partial charge in [-0.25, -0.2) is 8.42 Å². The smallest absolute Gasteiger partial charge is 0.222 e. The van der Waals surface area contributed by atoms with E-state index in [0.717, 1.165) is 11.1 Å². The number of carbonyl (C=O) groups is 1. The molecule has 0 radical (unpaired) electrons. The highest BCUT2D eigenvalue weighted by Crippen LogP contribution is 2.30. The molecule has 0 spiro atoms. The van der Waals surface area contributed by atoms with Gasteiger partial charge < -0.3 is 9.73 Å². The Bertz CT molecular complexity index is 808. The Labute approximate surface area is 143 Å². The number of furan rings is 1. The van der Waals surface area contributed by atoms with Crippen LogP contribution in [0.3, 0.4) is 0 Å². The van der Waals surface area contributed by atoms with E-state index >= 15 is 0 Å². The van der Waals surface area contributed by atoms with Gasteiger partial charge in [-0.2, -0.15) is 0 Å². The average molecular weight is 349 g/mol. The number of amides is 1. The average Bonchev–Trinajstić information content (AvgIpc) is 3.03. The van der Waals surface area contributed by atoms with E-state index in [-0.39, 0.29) is 23.3 Å². The van der Waals surface area contributed by atoms with Crippen molar-refractivity contribution >= 4 is 15.7 Å². The molecule has 0 saturated carbocycles. The third-order valence-electron chi connectivity index (χ3n) is 4.03. The van der Waals surface area contributed by atoms with E-state index in [0.29, 0.717) is 5.76 Å². The fourth-order valence-corrected chi connectivity index (χ4v) is 3.96. The van der Waals surface area contributed by atoms with Gasteiger partial charge in [0.05, 0.1) is 11.2 Å². The zero-order valence-corrected chi connectivity index (χ0v) is 15.2. The highest BCUT2D eigenvalue weighted by atomic mass is 32.2. The zero-order chi connectivity index (χ0) is 17.9. The van der Waals surface area contributed by atoms with Crippen LogP contribution in [0.25, 0.3) is 0 Å². The van der Waals surface area contributed by atoms with E-state index < -0.39 is 15.1 Å². The molecule has 0 aliphatic carbocycles. The first-order valence-corrected chi connectivity index (χ1v) is 9.40. The number of aryl methyl sites for hydroxylation is 2. The van der Waals surface area contributed by atoms with Gasteiger partial charge in [-0.05, 0) is 49.2 Å². The Kier molecular flexibility index (Phi) is 5.49. The summed E-state index contributed by atoms with van der Waals surface area (Å²) in [6, 6.07) is 8.30. The molecule has 1 aromatic heterocycles.